The molecule has 3 heteroatoms. The Morgan fingerprint density at radius 2 is 2.05 bits per heavy atom. The number of hydrogen-bond acceptors (Lipinski definition) is 2. The van der Waals surface area contributed by atoms with E-state index in [2.05, 4.69) is 23.8 Å². The van der Waals surface area contributed by atoms with Crippen molar-refractivity contribution in [3.8, 4) is 0 Å². The predicted molar refractivity (Wildman–Crippen MR) is 80.9 cm³/mol. The summed E-state index contributed by atoms with van der Waals surface area (Å²) in [7, 11) is 0. The Morgan fingerprint density at radius 3 is 2.58 bits per heavy atom. The van der Waals surface area contributed by atoms with Gasteiger partial charge in [-0.2, -0.15) is 0 Å². The highest BCUT2D eigenvalue weighted by Crippen LogP contribution is 2.19. The fourth-order valence-corrected chi connectivity index (χ4v) is 2.26. The van der Waals surface area contributed by atoms with Crippen molar-refractivity contribution in [1.29, 1.82) is 0 Å². The van der Waals surface area contributed by atoms with Gasteiger partial charge in [-0.05, 0) is 44.4 Å². The molecule has 0 atom stereocenters. The van der Waals surface area contributed by atoms with E-state index in [1.165, 1.54) is 44.3 Å². The molecule has 0 amide bonds. The molecule has 106 valence electrons. The highest BCUT2D eigenvalue weighted by molar-refractivity contribution is 6.06. The zero-order chi connectivity index (χ0) is 14.1. The molecule has 1 rings (SSSR count). The maximum absolute atomic E-state index is 13.6. The lowest BCUT2D eigenvalue weighted by atomic mass is 9.95. The minimum absolute atomic E-state index is 0.297. The van der Waals surface area contributed by atoms with E-state index < -0.39 is 0 Å². The lowest BCUT2D eigenvalue weighted by molar-refractivity contribution is 0.395. The molecule has 0 aromatic heterocycles. The smallest absolute Gasteiger partial charge is 0.144 e. The molecule has 1 aliphatic rings. The summed E-state index contributed by atoms with van der Waals surface area (Å²) in [6, 6.07) is 0.468. The molecule has 0 spiro atoms. The van der Waals surface area contributed by atoms with Crippen molar-refractivity contribution in [2.24, 2.45) is 4.99 Å². The van der Waals surface area contributed by atoms with Gasteiger partial charge in [-0.1, -0.05) is 32.8 Å². The summed E-state index contributed by atoms with van der Waals surface area (Å²) in [4.78, 5) is 4.35. The summed E-state index contributed by atoms with van der Waals surface area (Å²) in [5.41, 5.74) is 0.297. The Labute approximate surface area is 116 Å². The van der Waals surface area contributed by atoms with Gasteiger partial charge in [-0.3, -0.25) is 0 Å². The topological polar surface area (TPSA) is 24.4 Å². The van der Waals surface area contributed by atoms with Gasteiger partial charge >= 0.3 is 0 Å². The Bertz CT molecular complexity index is 374. The van der Waals surface area contributed by atoms with E-state index in [0.717, 1.165) is 12.2 Å². The van der Waals surface area contributed by atoms with Crippen LogP contribution < -0.4 is 5.32 Å². The molecular weight excluding hydrogens is 239 g/mol. The van der Waals surface area contributed by atoms with Gasteiger partial charge in [0, 0.05) is 6.04 Å². The molecule has 0 bridgehead atoms. The largest absolute Gasteiger partial charge is 0.368 e. The van der Waals surface area contributed by atoms with E-state index in [9.17, 15) is 4.39 Å². The van der Waals surface area contributed by atoms with Crippen LogP contribution in [0.3, 0.4) is 0 Å². The molecule has 1 fully saturated rings. The summed E-state index contributed by atoms with van der Waals surface area (Å²) in [6.45, 7) is 7.34. The summed E-state index contributed by atoms with van der Waals surface area (Å²) in [6.07, 6.45) is 11.9. The number of halogens is 1. The van der Waals surface area contributed by atoms with E-state index >= 15 is 0 Å². The van der Waals surface area contributed by atoms with Crippen molar-refractivity contribution in [2.45, 2.75) is 58.4 Å². The maximum Gasteiger partial charge on any atom is 0.144 e. The van der Waals surface area contributed by atoms with Gasteiger partial charge in [0.1, 0.15) is 17.4 Å². The molecule has 1 aliphatic carbocycles. The molecule has 2 nitrogen and oxygen atoms in total. The van der Waals surface area contributed by atoms with E-state index in [1.54, 1.807) is 6.92 Å². The quantitative estimate of drug-likeness (QED) is 0.693. The van der Waals surface area contributed by atoms with Crippen molar-refractivity contribution < 1.29 is 4.39 Å². The molecule has 0 aromatic rings. The number of rotatable bonds is 6. The van der Waals surface area contributed by atoms with Gasteiger partial charge in [0.2, 0.25) is 0 Å². The highest BCUT2D eigenvalue weighted by Gasteiger charge is 2.14. The zero-order valence-corrected chi connectivity index (χ0v) is 12.1. The normalized spacial score (nSPS) is 19.4. The molecule has 19 heavy (non-hydrogen) atoms. The minimum atomic E-state index is -0.331. The summed E-state index contributed by atoms with van der Waals surface area (Å²) < 4.78 is 13.6. The van der Waals surface area contributed by atoms with E-state index in [-0.39, 0.29) is 5.83 Å². The fraction of sp³-hybridized carbons (Fsp3) is 0.562. The van der Waals surface area contributed by atoms with Crippen LogP contribution in [0.1, 0.15) is 52.4 Å². The first kappa shape index (κ1) is 15.7. The molecule has 0 aliphatic heterocycles. The van der Waals surface area contributed by atoms with Gasteiger partial charge in [-0.15, -0.1) is 0 Å². The first-order valence-corrected chi connectivity index (χ1v) is 7.21. The second-order valence-corrected chi connectivity index (χ2v) is 4.81. The minimum Gasteiger partial charge on any atom is -0.368 e. The summed E-state index contributed by atoms with van der Waals surface area (Å²) >= 11 is 0. The Hall–Kier alpha value is -1.38. The van der Waals surface area contributed by atoms with Crippen LogP contribution in [-0.2, 0) is 0 Å². The van der Waals surface area contributed by atoms with Gasteiger partial charge < -0.3 is 5.32 Å². The molecule has 0 aromatic carbocycles. The lowest BCUT2D eigenvalue weighted by Gasteiger charge is -2.24. The van der Waals surface area contributed by atoms with E-state index in [1.807, 2.05) is 6.08 Å². The number of nitrogens with one attached hydrogen (secondary N) is 1. The van der Waals surface area contributed by atoms with Gasteiger partial charge in [0.25, 0.3) is 0 Å². The fourth-order valence-electron chi connectivity index (χ4n) is 2.26. The molecule has 1 N–H and O–H groups in total. The van der Waals surface area contributed by atoms with Crippen LogP contribution in [0.2, 0.25) is 0 Å². The standard InChI is InChI=1S/C16H25FN2/c1-4-10-16(18-13-11-8-7-9-12-13)19-15(6-3)14(17)5-2/h5-6,10,13,18H,3-4,7-9,11-12H2,1-2H3/b14-5+,16-10+,19-15-. The average Bonchev–Trinajstić information content (AvgIpc) is 2.45. The zero-order valence-electron chi connectivity index (χ0n) is 12.1. The van der Waals surface area contributed by atoms with Gasteiger partial charge in [-0.25, -0.2) is 9.38 Å². The monoisotopic (exact) mass is 264 g/mol. The van der Waals surface area contributed by atoms with Crippen LogP contribution in [0.25, 0.3) is 0 Å². The molecule has 1 saturated carbocycles. The third-order valence-electron chi connectivity index (χ3n) is 3.29. The average molecular weight is 264 g/mol. The molecule has 0 radical (unpaired) electrons. The van der Waals surface area contributed by atoms with Crippen LogP contribution in [-0.4, -0.2) is 11.8 Å². The Balaban J connectivity index is 2.79. The Morgan fingerprint density at radius 1 is 1.37 bits per heavy atom. The molecule has 0 heterocycles. The van der Waals surface area contributed by atoms with Crippen LogP contribution >= 0.6 is 0 Å². The van der Waals surface area contributed by atoms with Crippen molar-refractivity contribution in [2.75, 3.05) is 0 Å². The third kappa shape index (κ3) is 5.41. The van der Waals surface area contributed by atoms with Crippen molar-refractivity contribution in [1.82, 2.24) is 5.32 Å². The second kappa shape index (κ2) is 8.68. The van der Waals surface area contributed by atoms with Crippen LogP contribution in [0.5, 0.6) is 0 Å². The first-order chi connectivity index (χ1) is 9.21. The Kier molecular flexibility index (Phi) is 7.16. The SMILES string of the molecule is C=CC(=N/C(=C/CC)NC1CCCCC1)/C(F)=C\C. The molecular formula is C16H25FN2. The van der Waals surface area contributed by atoms with Gasteiger partial charge in [0.05, 0.1) is 0 Å². The van der Waals surface area contributed by atoms with Crippen molar-refractivity contribution in [3.63, 3.8) is 0 Å². The van der Waals surface area contributed by atoms with Crippen LogP contribution in [0.15, 0.2) is 41.4 Å². The second-order valence-electron chi connectivity index (χ2n) is 4.81. The van der Waals surface area contributed by atoms with Crippen molar-refractivity contribution >= 4 is 5.71 Å². The first-order valence-electron chi connectivity index (χ1n) is 7.21. The lowest BCUT2D eigenvalue weighted by Crippen LogP contribution is -2.30. The van der Waals surface area contributed by atoms with E-state index in [4.69, 9.17) is 0 Å². The summed E-state index contributed by atoms with van der Waals surface area (Å²) in [5, 5.41) is 3.43. The summed E-state index contributed by atoms with van der Waals surface area (Å²) in [5.74, 6) is 0.434. The van der Waals surface area contributed by atoms with Gasteiger partial charge in [0.15, 0.2) is 0 Å². The number of hydrogen-bond donors (Lipinski definition) is 1. The number of allylic oxidation sites excluding steroid dienone is 4. The highest BCUT2D eigenvalue weighted by atomic mass is 19.1. The van der Waals surface area contributed by atoms with Crippen LogP contribution in [0, 0.1) is 0 Å². The van der Waals surface area contributed by atoms with Crippen molar-refractivity contribution in [3.05, 3.63) is 36.5 Å². The number of nitrogens with zero attached hydrogens (tertiary/aromatic N) is 1. The predicted octanol–water partition coefficient (Wildman–Crippen LogP) is 4.66. The maximum atomic E-state index is 13.6. The molecule has 0 saturated heterocycles. The molecule has 0 unspecified atom stereocenters. The number of aliphatic imine (C=N–C) groups is 1. The van der Waals surface area contributed by atoms with E-state index in [0.29, 0.717) is 11.8 Å². The third-order valence-corrected chi connectivity index (χ3v) is 3.29. The van der Waals surface area contributed by atoms with Crippen LogP contribution in [0.4, 0.5) is 4.39 Å².